The highest BCUT2D eigenvalue weighted by atomic mass is 14.7. The molecule has 2 heteroatoms. The van der Waals surface area contributed by atoms with Gasteiger partial charge in [-0.05, 0) is 37.5 Å². The maximum absolute atomic E-state index is 6.98. The van der Waals surface area contributed by atoms with Crippen molar-refractivity contribution in [3.8, 4) is 0 Å². The first-order valence-corrected chi connectivity index (χ1v) is 5.66. The van der Waals surface area contributed by atoms with Gasteiger partial charge in [-0.15, -0.1) is 0 Å². The molecule has 0 unspecified atom stereocenters. The number of aryl methyl sites for hydroxylation is 3. The van der Waals surface area contributed by atoms with Crippen molar-refractivity contribution in [3.05, 3.63) is 70.8 Å². The lowest BCUT2D eigenvalue weighted by atomic mass is 10.1. The van der Waals surface area contributed by atoms with Gasteiger partial charge in [-0.2, -0.15) is 0 Å². The second-order valence-electron chi connectivity index (χ2n) is 4.11. The van der Waals surface area contributed by atoms with Crippen LogP contribution in [0.4, 0.5) is 5.69 Å². The number of rotatable bonds is 3. The Morgan fingerprint density at radius 1 is 1.18 bits per heavy atom. The summed E-state index contributed by atoms with van der Waals surface area (Å²) in [7, 11) is 0. The lowest BCUT2D eigenvalue weighted by Gasteiger charge is -2.03. The SMILES string of the molecule is [C-]#[N+]c1cccc(CCc2cc(C)ccn2)c1. The summed E-state index contributed by atoms with van der Waals surface area (Å²) >= 11 is 0. The van der Waals surface area contributed by atoms with Crippen molar-refractivity contribution in [2.24, 2.45) is 0 Å². The molecule has 0 aliphatic rings. The summed E-state index contributed by atoms with van der Waals surface area (Å²) in [6.45, 7) is 9.05. The van der Waals surface area contributed by atoms with Crippen LogP contribution in [0.25, 0.3) is 4.85 Å². The minimum Gasteiger partial charge on any atom is -0.261 e. The molecule has 0 atom stereocenters. The number of aromatic nitrogens is 1. The Morgan fingerprint density at radius 3 is 2.82 bits per heavy atom. The number of nitrogens with zero attached hydrogens (tertiary/aromatic N) is 2. The summed E-state index contributed by atoms with van der Waals surface area (Å²) in [4.78, 5) is 7.77. The Hall–Kier alpha value is -2.14. The maximum Gasteiger partial charge on any atom is 0.187 e. The van der Waals surface area contributed by atoms with Crippen molar-refractivity contribution in [1.29, 1.82) is 0 Å². The topological polar surface area (TPSA) is 17.2 Å². The molecule has 2 aromatic rings. The zero-order valence-corrected chi connectivity index (χ0v) is 9.85. The van der Waals surface area contributed by atoms with Crippen LogP contribution >= 0.6 is 0 Å². The van der Waals surface area contributed by atoms with Crippen molar-refractivity contribution in [2.75, 3.05) is 0 Å². The fourth-order valence-electron chi connectivity index (χ4n) is 1.79. The van der Waals surface area contributed by atoms with Gasteiger partial charge in [-0.3, -0.25) is 4.98 Å². The number of hydrogen-bond acceptors (Lipinski definition) is 1. The first kappa shape index (κ1) is 11.3. The van der Waals surface area contributed by atoms with Gasteiger partial charge < -0.3 is 0 Å². The van der Waals surface area contributed by atoms with Crippen LogP contribution in [-0.4, -0.2) is 4.98 Å². The van der Waals surface area contributed by atoms with Crippen LogP contribution in [0.15, 0.2) is 42.6 Å². The summed E-state index contributed by atoms with van der Waals surface area (Å²) < 4.78 is 0. The third kappa shape index (κ3) is 3.15. The third-order valence-electron chi connectivity index (χ3n) is 2.68. The van der Waals surface area contributed by atoms with Gasteiger partial charge in [0.25, 0.3) is 0 Å². The van der Waals surface area contributed by atoms with Crippen LogP contribution in [0.2, 0.25) is 0 Å². The largest absolute Gasteiger partial charge is 0.261 e. The Labute approximate surface area is 102 Å². The minimum absolute atomic E-state index is 0.708. The molecule has 84 valence electrons. The van der Waals surface area contributed by atoms with E-state index in [-0.39, 0.29) is 0 Å². The molecule has 0 amide bonds. The normalized spacial score (nSPS) is 9.88. The first-order chi connectivity index (χ1) is 8.28. The molecule has 1 heterocycles. The second kappa shape index (κ2) is 5.27. The Balaban J connectivity index is 2.05. The van der Waals surface area contributed by atoms with Gasteiger partial charge in [0, 0.05) is 11.9 Å². The lowest BCUT2D eigenvalue weighted by Crippen LogP contribution is -1.94. The Morgan fingerprint density at radius 2 is 2.06 bits per heavy atom. The smallest absolute Gasteiger partial charge is 0.187 e. The van der Waals surface area contributed by atoms with Gasteiger partial charge in [-0.1, -0.05) is 29.8 Å². The van der Waals surface area contributed by atoms with Gasteiger partial charge in [0.2, 0.25) is 0 Å². The van der Waals surface area contributed by atoms with Gasteiger partial charge in [0.1, 0.15) is 0 Å². The fourth-order valence-corrected chi connectivity index (χ4v) is 1.79. The predicted octanol–water partition coefficient (Wildman–Crippen LogP) is 3.73. The van der Waals surface area contributed by atoms with E-state index < -0.39 is 0 Å². The molecule has 0 N–H and O–H groups in total. The molecule has 1 aromatic heterocycles. The van der Waals surface area contributed by atoms with E-state index >= 15 is 0 Å². The predicted molar refractivity (Wildman–Crippen MR) is 69.1 cm³/mol. The van der Waals surface area contributed by atoms with Crippen LogP contribution in [0.1, 0.15) is 16.8 Å². The molecular formula is C15H14N2. The van der Waals surface area contributed by atoms with E-state index in [0.29, 0.717) is 5.69 Å². The zero-order valence-electron chi connectivity index (χ0n) is 9.85. The highest BCUT2D eigenvalue weighted by Gasteiger charge is 1.98. The van der Waals surface area contributed by atoms with Gasteiger partial charge in [0.05, 0.1) is 6.57 Å². The van der Waals surface area contributed by atoms with Crippen LogP contribution in [-0.2, 0) is 12.8 Å². The van der Waals surface area contributed by atoms with Gasteiger partial charge in [0.15, 0.2) is 5.69 Å². The maximum atomic E-state index is 6.98. The number of benzene rings is 1. The first-order valence-electron chi connectivity index (χ1n) is 5.66. The Bertz CT molecular complexity index is 553. The minimum atomic E-state index is 0.708. The molecule has 0 aliphatic carbocycles. The van der Waals surface area contributed by atoms with E-state index in [1.54, 1.807) is 0 Å². The van der Waals surface area contributed by atoms with E-state index in [1.807, 2.05) is 30.5 Å². The van der Waals surface area contributed by atoms with Crippen molar-refractivity contribution in [3.63, 3.8) is 0 Å². The molecule has 17 heavy (non-hydrogen) atoms. The van der Waals surface area contributed by atoms with E-state index in [0.717, 1.165) is 18.5 Å². The van der Waals surface area contributed by atoms with E-state index in [2.05, 4.69) is 28.9 Å². The molecule has 0 spiro atoms. The fraction of sp³-hybridized carbons (Fsp3) is 0.200. The average Bonchev–Trinajstić information content (AvgIpc) is 2.37. The molecule has 0 bridgehead atoms. The van der Waals surface area contributed by atoms with Crippen molar-refractivity contribution in [1.82, 2.24) is 4.98 Å². The summed E-state index contributed by atoms with van der Waals surface area (Å²) in [5.41, 5.74) is 4.25. The standard InChI is InChI=1S/C15H14N2/c1-12-8-9-17-15(10-12)7-6-13-4-3-5-14(11-13)16-2/h3-5,8-11H,6-7H2,1H3. The van der Waals surface area contributed by atoms with Crippen LogP contribution < -0.4 is 0 Å². The summed E-state index contributed by atoms with van der Waals surface area (Å²) in [6.07, 6.45) is 3.70. The van der Waals surface area contributed by atoms with Crippen LogP contribution in [0, 0.1) is 13.5 Å². The molecular weight excluding hydrogens is 208 g/mol. The molecule has 1 aromatic carbocycles. The van der Waals surface area contributed by atoms with E-state index in [4.69, 9.17) is 6.57 Å². The van der Waals surface area contributed by atoms with Gasteiger partial charge >= 0.3 is 0 Å². The number of pyridine rings is 1. The summed E-state index contributed by atoms with van der Waals surface area (Å²) in [5.74, 6) is 0. The summed E-state index contributed by atoms with van der Waals surface area (Å²) in [5, 5.41) is 0. The summed E-state index contributed by atoms with van der Waals surface area (Å²) in [6, 6.07) is 11.9. The lowest BCUT2D eigenvalue weighted by molar-refractivity contribution is 0.911. The monoisotopic (exact) mass is 222 g/mol. The van der Waals surface area contributed by atoms with Crippen molar-refractivity contribution < 1.29 is 0 Å². The van der Waals surface area contributed by atoms with Crippen LogP contribution in [0.3, 0.4) is 0 Å². The third-order valence-corrected chi connectivity index (χ3v) is 2.68. The zero-order chi connectivity index (χ0) is 12.1. The average molecular weight is 222 g/mol. The molecule has 0 fully saturated rings. The molecule has 0 radical (unpaired) electrons. The highest BCUT2D eigenvalue weighted by Crippen LogP contribution is 2.15. The highest BCUT2D eigenvalue weighted by molar-refractivity contribution is 5.46. The van der Waals surface area contributed by atoms with E-state index in [1.165, 1.54) is 11.1 Å². The van der Waals surface area contributed by atoms with Crippen LogP contribution in [0.5, 0.6) is 0 Å². The number of hydrogen-bond donors (Lipinski definition) is 0. The van der Waals surface area contributed by atoms with Crippen molar-refractivity contribution >= 4 is 5.69 Å². The quantitative estimate of drug-likeness (QED) is 0.723. The molecule has 2 rings (SSSR count). The molecule has 0 aliphatic heterocycles. The Kier molecular flexibility index (Phi) is 3.52. The van der Waals surface area contributed by atoms with E-state index in [9.17, 15) is 0 Å². The van der Waals surface area contributed by atoms with Gasteiger partial charge in [-0.25, -0.2) is 4.85 Å². The van der Waals surface area contributed by atoms with Crippen molar-refractivity contribution in [2.45, 2.75) is 19.8 Å². The second-order valence-corrected chi connectivity index (χ2v) is 4.11. The molecule has 0 saturated heterocycles. The molecule has 2 nitrogen and oxygen atoms in total. The molecule has 0 saturated carbocycles.